The van der Waals surface area contributed by atoms with Gasteiger partial charge in [0.1, 0.15) is 0 Å². The molecule has 3 heteroatoms. The van der Waals surface area contributed by atoms with Crippen LogP contribution in [0.25, 0.3) is 0 Å². The van der Waals surface area contributed by atoms with Gasteiger partial charge in [-0.2, -0.15) is 0 Å². The quantitative estimate of drug-likeness (QED) is 0.684. The molecule has 0 heterocycles. The monoisotopic (exact) mass is 240 g/mol. The SMILES string of the molecule is CCCC(CN)(CCC)C(=O)NCC1CC1C. The van der Waals surface area contributed by atoms with Crippen LogP contribution >= 0.6 is 0 Å². The lowest BCUT2D eigenvalue weighted by molar-refractivity contribution is -0.131. The van der Waals surface area contributed by atoms with Gasteiger partial charge in [0.2, 0.25) is 5.91 Å². The molecule has 0 aliphatic heterocycles. The van der Waals surface area contributed by atoms with E-state index in [1.807, 2.05) is 0 Å². The molecule has 1 aliphatic rings. The number of nitrogens with one attached hydrogen (secondary N) is 1. The summed E-state index contributed by atoms with van der Waals surface area (Å²) < 4.78 is 0. The number of amides is 1. The van der Waals surface area contributed by atoms with E-state index < -0.39 is 0 Å². The van der Waals surface area contributed by atoms with E-state index in [1.54, 1.807) is 0 Å². The van der Waals surface area contributed by atoms with Gasteiger partial charge >= 0.3 is 0 Å². The number of hydrogen-bond donors (Lipinski definition) is 2. The predicted octanol–water partition coefficient (Wildman–Crippen LogP) is 2.30. The van der Waals surface area contributed by atoms with Crippen molar-refractivity contribution in [1.82, 2.24) is 5.32 Å². The van der Waals surface area contributed by atoms with Crippen molar-refractivity contribution in [2.45, 2.75) is 52.9 Å². The summed E-state index contributed by atoms with van der Waals surface area (Å²) in [6.07, 6.45) is 5.11. The highest BCUT2D eigenvalue weighted by Crippen LogP contribution is 2.37. The van der Waals surface area contributed by atoms with Gasteiger partial charge in [0.25, 0.3) is 0 Å². The molecule has 3 N–H and O–H groups in total. The molecule has 0 bridgehead atoms. The molecule has 2 atom stereocenters. The fraction of sp³-hybridized carbons (Fsp3) is 0.929. The van der Waals surface area contributed by atoms with Crippen molar-refractivity contribution in [2.24, 2.45) is 23.0 Å². The largest absolute Gasteiger partial charge is 0.355 e. The van der Waals surface area contributed by atoms with Gasteiger partial charge in [0.15, 0.2) is 0 Å². The molecule has 1 saturated carbocycles. The van der Waals surface area contributed by atoms with Crippen LogP contribution in [0, 0.1) is 17.3 Å². The lowest BCUT2D eigenvalue weighted by atomic mass is 9.78. The molecule has 100 valence electrons. The van der Waals surface area contributed by atoms with Gasteiger partial charge in [0, 0.05) is 13.1 Å². The number of carbonyl (C=O) groups is 1. The molecule has 0 aromatic heterocycles. The van der Waals surface area contributed by atoms with Crippen LogP contribution < -0.4 is 11.1 Å². The van der Waals surface area contributed by atoms with E-state index in [9.17, 15) is 4.79 Å². The van der Waals surface area contributed by atoms with E-state index in [2.05, 4.69) is 26.1 Å². The van der Waals surface area contributed by atoms with E-state index in [1.165, 1.54) is 6.42 Å². The van der Waals surface area contributed by atoms with Crippen LogP contribution in [-0.4, -0.2) is 19.0 Å². The Labute approximate surface area is 106 Å². The zero-order chi connectivity index (χ0) is 12.9. The third-order valence-corrected chi connectivity index (χ3v) is 4.13. The van der Waals surface area contributed by atoms with E-state index in [0.717, 1.165) is 38.1 Å². The summed E-state index contributed by atoms with van der Waals surface area (Å²) in [7, 11) is 0. The third-order valence-electron chi connectivity index (χ3n) is 4.13. The smallest absolute Gasteiger partial charge is 0.227 e. The van der Waals surface area contributed by atoms with E-state index in [-0.39, 0.29) is 11.3 Å². The molecule has 0 saturated heterocycles. The molecule has 17 heavy (non-hydrogen) atoms. The fourth-order valence-corrected chi connectivity index (χ4v) is 2.70. The first-order chi connectivity index (χ1) is 8.09. The predicted molar refractivity (Wildman–Crippen MR) is 71.6 cm³/mol. The van der Waals surface area contributed by atoms with Crippen LogP contribution in [0.15, 0.2) is 0 Å². The minimum atomic E-state index is -0.318. The van der Waals surface area contributed by atoms with Crippen molar-refractivity contribution in [3.63, 3.8) is 0 Å². The maximum atomic E-state index is 12.3. The molecular weight excluding hydrogens is 212 g/mol. The fourth-order valence-electron chi connectivity index (χ4n) is 2.70. The van der Waals surface area contributed by atoms with Gasteiger partial charge in [-0.3, -0.25) is 4.79 Å². The Kier molecular flexibility index (Phi) is 5.44. The number of nitrogens with two attached hydrogens (primary N) is 1. The van der Waals surface area contributed by atoms with Crippen LogP contribution in [0.5, 0.6) is 0 Å². The molecule has 0 spiro atoms. The van der Waals surface area contributed by atoms with Crippen LogP contribution in [0.2, 0.25) is 0 Å². The van der Waals surface area contributed by atoms with Crippen LogP contribution in [0.3, 0.4) is 0 Å². The molecular formula is C14H28N2O. The number of carbonyl (C=O) groups excluding carboxylic acids is 1. The Balaban J connectivity index is 2.51. The van der Waals surface area contributed by atoms with Crippen LogP contribution in [0.1, 0.15) is 52.9 Å². The lowest BCUT2D eigenvalue weighted by Gasteiger charge is -2.30. The Morgan fingerprint density at radius 1 is 1.35 bits per heavy atom. The summed E-state index contributed by atoms with van der Waals surface area (Å²) in [5.74, 6) is 1.68. The summed E-state index contributed by atoms with van der Waals surface area (Å²) in [5.41, 5.74) is 5.55. The lowest BCUT2D eigenvalue weighted by Crippen LogP contribution is -2.46. The van der Waals surface area contributed by atoms with Gasteiger partial charge in [-0.1, -0.05) is 33.6 Å². The van der Waals surface area contributed by atoms with E-state index in [0.29, 0.717) is 12.5 Å². The standard InChI is InChI=1S/C14H28N2O/c1-4-6-14(10-15,7-5-2)13(17)16-9-12-8-11(12)3/h11-12H,4-10,15H2,1-3H3,(H,16,17). The first-order valence-corrected chi connectivity index (χ1v) is 7.08. The maximum Gasteiger partial charge on any atom is 0.227 e. The highest BCUT2D eigenvalue weighted by molar-refractivity contribution is 5.82. The molecule has 3 nitrogen and oxygen atoms in total. The maximum absolute atomic E-state index is 12.3. The van der Waals surface area contributed by atoms with Crippen molar-refractivity contribution >= 4 is 5.91 Å². The zero-order valence-corrected chi connectivity index (χ0v) is 11.6. The minimum absolute atomic E-state index is 0.183. The molecule has 0 radical (unpaired) electrons. The second kappa shape index (κ2) is 6.39. The van der Waals surface area contributed by atoms with Gasteiger partial charge in [-0.15, -0.1) is 0 Å². The number of rotatable bonds is 8. The summed E-state index contributed by atoms with van der Waals surface area (Å²) >= 11 is 0. The Hall–Kier alpha value is -0.570. The Morgan fingerprint density at radius 3 is 2.24 bits per heavy atom. The van der Waals surface area contributed by atoms with E-state index >= 15 is 0 Å². The average Bonchev–Trinajstić information content (AvgIpc) is 3.02. The van der Waals surface area contributed by atoms with Crippen molar-refractivity contribution < 1.29 is 4.79 Å². The highest BCUT2D eigenvalue weighted by Gasteiger charge is 2.37. The molecule has 1 fully saturated rings. The van der Waals surface area contributed by atoms with Gasteiger partial charge in [0.05, 0.1) is 5.41 Å². The molecule has 0 aromatic carbocycles. The van der Waals surface area contributed by atoms with Crippen molar-refractivity contribution in [3.05, 3.63) is 0 Å². The summed E-state index contributed by atoms with van der Waals surface area (Å²) in [6, 6.07) is 0. The summed E-state index contributed by atoms with van der Waals surface area (Å²) in [4.78, 5) is 12.3. The summed E-state index contributed by atoms with van der Waals surface area (Å²) in [5, 5.41) is 3.12. The Bertz CT molecular complexity index is 247. The van der Waals surface area contributed by atoms with Crippen LogP contribution in [-0.2, 0) is 4.79 Å². The van der Waals surface area contributed by atoms with Gasteiger partial charge < -0.3 is 11.1 Å². The first kappa shape index (κ1) is 14.5. The molecule has 1 amide bonds. The topological polar surface area (TPSA) is 55.1 Å². The zero-order valence-electron chi connectivity index (χ0n) is 11.6. The normalized spacial score (nSPS) is 23.5. The van der Waals surface area contributed by atoms with E-state index in [4.69, 9.17) is 5.73 Å². The summed E-state index contributed by atoms with van der Waals surface area (Å²) in [6.45, 7) is 7.80. The number of hydrogen-bond acceptors (Lipinski definition) is 2. The molecule has 1 rings (SSSR count). The second-order valence-electron chi connectivity index (χ2n) is 5.67. The molecule has 2 unspecified atom stereocenters. The first-order valence-electron chi connectivity index (χ1n) is 7.08. The Morgan fingerprint density at radius 2 is 1.88 bits per heavy atom. The average molecular weight is 240 g/mol. The third kappa shape index (κ3) is 3.70. The van der Waals surface area contributed by atoms with Crippen molar-refractivity contribution in [3.8, 4) is 0 Å². The van der Waals surface area contributed by atoms with Gasteiger partial charge in [-0.25, -0.2) is 0 Å². The second-order valence-corrected chi connectivity index (χ2v) is 5.67. The van der Waals surface area contributed by atoms with Gasteiger partial charge in [-0.05, 0) is 31.1 Å². The molecule has 1 aliphatic carbocycles. The molecule has 0 aromatic rings. The van der Waals surface area contributed by atoms with Crippen molar-refractivity contribution in [2.75, 3.05) is 13.1 Å². The highest BCUT2D eigenvalue weighted by atomic mass is 16.2. The van der Waals surface area contributed by atoms with Crippen LogP contribution in [0.4, 0.5) is 0 Å². The minimum Gasteiger partial charge on any atom is -0.355 e. The van der Waals surface area contributed by atoms with Crippen molar-refractivity contribution in [1.29, 1.82) is 0 Å².